The topological polar surface area (TPSA) is 15.8 Å². The predicted octanol–water partition coefficient (Wildman–Crippen LogP) is -4.34. The number of hydrogen-bond donors (Lipinski definition) is 1. The van der Waals surface area contributed by atoms with Gasteiger partial charge in [-0.1, -0.05) is 0 Å². The molecule has 0 atom stereocenters. The first-order valence-electron chi connectivity index (χ1n) is 3.58. The first kappa shape index (κ1) is 13.1. The molecule has 0 aliphatic heterocycles. The molecule has 2 rings (SSSR count). The van der Waals surface area contributed by atoms with Crippen molar-refractivity contribution in [2.24, 2.45) is 0 Å². The molecular formula is C9H8Cl2NTi. The Balaban J connectivity index is 0.000000720. The second kappa shape index (κ2) is 5.06. The van der Waals surface area contributed by atoms with E-state index in [9.17, 15) is 0 Å². The second-order valence-electron chi connectivity index (χ2n) is 2.67. The van der Waals surface area contributed by atoms with Gasteiger partial charge >= 0.3 is 77.1 Å². The molecule has 1 nitrogen and oxygen atoms in total. The Hall–Kier alpha value is 0.0543. The van der Waals surface area contributed by atoms with Crippen molar-refractivity contribution in [3.05, 3.63) is 29.8 Å². The van der Waals surface area contributed by atoms with Gasteiger partial charge in [-0.2, -0.15) is 0 Å². The van der Waals surface area contributed by atoms with E-state index in [4.69, 9.17) is 0 Å². The van der Waals surface area contributed by atoms with E-state index < -0.39 is 0 Å². The SMILES string of the molecule is Cc1[c]([Ti+2])[nH]c2ccccc12.[Cl-].[Cl-]. The molecular weight excluding hydrogens is 241 g/mol. The minimum absolute atomic E-state index is 0. The Morgan fingerprint density at radius 3 is 2.38 bits per heavy atom. The van der Waals surface area contributed by atoms with E-state index in [0.29, 0.717) is 0 Å². The number of rotatable bonds is 0. The number of nitrogens with one attached hydrogen (secondary N) is 1. The van der Waals surface area contributed by atoms with Gasteiger partial charge < -0.3 is 24.8 Å². The van der Waals surface area contributed by atoms with Gasteiger partial charge in [0.05, 0.1) is 0 Å². The van der Waals surface area contributed by atoms with Crippen LogP contribution in [0.5, 0.6) is 0 Å². The molecule has 0 amide bonds. The van der Waals surface area contributed by atoms with Crippen LogP contribution in [0, 0.1) is 6.92 Å². The van der Waals surface area contributed by atoms with Gasteiger partial charge in [-0.15, -0.1) is 0 Å². The van der Waals surface area contributed by atoms with Crippen LogP contribution in [0.4, 0.5) is 0 Å². The molecule has 1 N–H and O–H groups in total. The van der Waals surface area contributed by atoms with Crippen molar-refractivity contribution in [1.29, 1.82) is 0 Å². The van der Waals surface area contributed by atoms with E-state index >= 15 is 0 Å². The van der Waals surface area contributed by atoms with E-state index in [0.717, 1.165) is 0 Å². The third-order valence-corrected chi connectivity index (χ3v) is 2.75. The summed E-state index contributed by atoms with van der Waals surface area (Å²) in [5.74, 6) is 0. The first-order chi connectivity index (χ1) is 5.29. The molecule has 4 heteroatoms. The van der Waals surface area contributed by atoms with E-state index in [1.807, 2.05) is 0 Å². The molecule has 1 heterocycles. The molecule has 0 aliphatic rings. The van der Waals surface area contributed by atoms with E-state index in [1.54, 1.807) is 0 Å². The summed E-state index contributed by atoms with van der Waals surface area (Å²) in [5, 5.41) is 1.34. The fraction of sp³-hybridized carbons (Fsp3) is 0.111. The molecule has 0 saturated heterocycles. The van der Waals surface area contributed by atoms with Gasteiger partial charge in [-0.25, -0.2) is 0 Å². The van der Waals surface area contributed by atoms with E-state index in [2.05, 4.69) is 56.6 Å². The maximum absolute atomic E-state index is 3.33. The second-order valence-corrected chi connectivity index (χ2v) is 3.45. The van der Waals surface area contributed by atoms with Gasteiger partial charge in [-0.3, -0.25) is 0 Å². The summed E-state index contributed by atoms with van der Waals surface area (Å²) in [5.41, 5.74) is 2.60. The van der Waals surface area contributed by atoms with Crippen molar-refractivity contribution in [1.82, 2.24) is 4.98 Å². The van der Waals surface area contributed by atoms with Crippen LogP contribution in [0.25, 0.3) is 10.9 Å². The number of H-pyrrole nitrogens is 1. The minimum atomic E-state index is 0. The van der Waals surface area contributed by atoms with Crippen molar-refractivity contribution in [3.63, 3.8) is 0 Å². The minimum Gasteiger partial charge on any atom is -1.00 e. The van der Waals surface area contributed by atoms with Gasteiger partial charge in [0.25, 0.3) is 0 Å². The average molecular weight is 249 g/mol. The molecule has 67 valence electrons. The smallest absolute Gasteiger partial charge is 1.00 e. The standard InChI is InChI=1S/C9H8N.2ClH.Ti/c1-7-6-10-9-5-3-2-4-8(7)9;;;/h2-5,10H,1H3;2*1H;/q;;;+2/p-2. The number of fused-ring (bicyclic) bond motifs is 1. The summed E-state index contributed by atoms with van der Waals surface area (Å²) in [6.45, 7) is 2.15. The van der Waals surface area contributed by atoms with E-state index in [1.165, 1.54) is 20.5 Å². The summed E-state index contributed by atoms with van der Waals surface area (Å²) >= 11 is 2.11. The molecule has 13 heavy (non-hydrogen) atoms. The normalized spacial score (nSPS) is 9.15. The molecule has 1 aromatic carbocycles. The number of aromatic amines is 1. The zero-order valence-electron chi connectivity index (χ0n) is 7.07. The number of aromatic nitrogens is 1. The van der Waals surface area contributed by atoms with Gasteiger partial charge in [0.2, 0.25) is 0 Å². The largest absolute Gasteiger partial charge is 1.00 e. The Morgan fingerprint density at radius 1 is 1.15 bits per heavy atom. The fourth-order valence-corrected chi connectivity index (χ4v) is 1.70. The van der Waals surface area contributed by atoms with Crippen molar-refractivity contribution >= 4 is 14.9 Å². The number of para-hydroxylation sites is 1. The van der Waals surface area contributed by atoms with E-state index in [-0.39, 0.29) is 24.8 Å². The Bertz CT molecular complexity index is 397. The maximum atomic E-state index is 3.33. The summed E-state index contributed by atoms with van der Waals surface area (Å²) < 4.78 is 1.27. The summed E-state index contributed by atoms with van der Waals surface area (Å²) in [6, 6.07) is 8.38. The predicted molar refractivity (Wildman–Crippen MR) is 42.7 cm³/mol. The number of hydrogen-bond acceptors (Lipinski definition) is 0. The molecule has 0 aliphatic carbocycles. The van der Waals surface area contributed by atoms with Crippen molar-refractivity contribution in [2.45, 2.75) is 6.92 Å². The van der Waals surface area contributed by atoms with Crippen LogP contribution >= 0.6 is 0 Å². The summed E-state index contributed by atoms with van der Waals surface area (Å²) in [7, 11) is 0. The third kappa shape index (κ3) is 2.29. The molecule has 2 aromatic rings. The van der Waals surface area contributed by atoms with Crippen LogP contribution in [0.3, 0.4) is 0 Å². The molecule has 0 unspecified atom stereocenters. The molecule has 0 radical (unpaired) electrons. The monoisotopic (exact) mass is 248 g/mol. The molecule has 0 saturated carbocycles. The number of aryl methyl sites for hydroxylation is 1. The van der Waals surface area contributed by atoms with Crippen LogP contribution in [0.15, 0.2) is 24.3 Å². The van der Waals surface area contributed by atoms with Crippen molar-refractivity contribution in [3.8, 4) is 0 Å². The molecule has 0 spiro atoms. The van der Waals surface area contributed by atoms with Crippen LogP contribution in [-0.2, 0) is 20.4 Å². The van der Waals surface area contributed by atoms with Gasteiger partial charge in [0.15, 0.2) is 0 Å². The molecule has 0 fully saturated rings. The first-order valence-corrected chi connectivity index (χ1v) is 4.36. The Labute approximate surface area is 102 Å². The van der Waals surface area contributed by atoms with Crippen molar-refractivity contribution < 1.29 is 45.2 Å². The Morgan fingerprint density at radius 2 is 1.77 bits per heavy atom. The fourth-order valence-electron chi connectivity index (χ4n) is 1.28. The zero-order chi connectivity index (χ0) is 7.84. The molecule has 0 bridgehead atoms. The van der Waals surface area contributed by atoms with Gasteiger partial charge in [0.1, 0.15) is 0 Å². The number of halogens is 2. The van der Waals surface area contributed by atoms with Crippen LogP contribution in [0.2, 0.25) is 0 Å². The third-order valence-electron chi connectivity index (χ3n) is 1.97. The van der Waals surface area contributed by atoms with Gasteiger partial charge in [-0.05, 0) is 0 Å². The number of benzene rings is 1. The Kier molecular flexibility index (Phi) is 5.09. The maximum Gasteiger partial charge on any atom is -1.00 e. The average Bonchev–Trinajstić information content (AvgIpc) is 2.30. The van der Waals surface area contributed by atoms with Gasteiger partial charge in [0, 0.05) is 0 Å². The molecule has 1 aromatic heterocycles. The summed E-state index contributed by atoms with van der Waals surface area (Å²) in [6.07, 6.45) is 0. The zero-order valence-corrected chi connectivity index (χ0v) is 10.1. The van der Waals surface area contributed by atoms with Crippen LogP contribution in [-0.4, -0.2) is 4.98 Å². The quantitative estimate of drug-likeness (QED) is 0.454. The van der Waals surface area contributed by atoms with Crippen LogP contribution < -0.4 is 28.8 Å². The van der Waals surface area contributed by atoms with Crippen molar-refractivity contribution in [2.75, 3.05) is 0 Å². The summed E-state index contributed by atoms with van der Waals surface area (Å²) in [4.78, 5) is 3.33. The van der Waals surface area contributed by atoms with Crippen LogP contribution in [0.1, 0.15) is 5.56 Å².